The molecule has 6 heteroatoms. The Kier molecular flexibility index (Phi) is 6.29. The molecule has 1 aliphatic heterocycles. The predicted molar refractivity (Wildman–Crippen MR) is 101 cm³/mol. The van der Waals surface area contributed by atoms with Gasteiger partial charge in [-0.2, -0.15) is 0 Å². The van der Waals surface area contributed by atoms with Crippen molar-refractivity contribution in [2.45, 2.75) is 23.6 Å². The van der Waals surface area contributed by atoms with Gasteiger partial charge in [0.2, 0.25) is 5.91 Å². The molecule has 1 unspecified atom stereocenters. The molecule has 128 valence electrons. The van der Waals surface area contributed by atoms with E-state index in [1.165, 1.54) is 23.7 Å². The molecule has 1 aromatic heterocycles. The van der Waals surface area contributed by atoms with E-state index in [0.717, 1.165) is 36.2 Å². The van der Waals surface area contributed by atoms with Gasteiger partial charge in [-0.1, -0.05) is 42.1 Å². The van der Waals surface area contributed by atoms with E-state index in [2.05, 4.69) is 45.5 Å². The summed E-state index contributed by atoms with van der Waals surface area (Å²) in [4.78, 5) is 18.7. The Morgan fingerprint density at radius 1 is 1.42 bits per heavy atom. The van der Waals surface area contributed by atoms with Crippen molar-refractivity contribution in [3.8, 4) is 0 Å². The van der Waals surface area contributed by atoms with Gasteiger partial charge >= 0.3 is 0 Å². The summed E-state index contributed by atoms with van der Waals surface area (Å²) < 4.78 is 0.966. The summed E-state index contributed by atoms with van der Waals surface area (Å²) in [7, 11) is 0. The summed E-state index contributed by atoms with van der Waals surface area (Å²) in [5.41, 5.74) is 2.45. The topological polar surface area (TPSA) is 45.2 Å². The van der Waals surface area contributed by atoms with Crippen LogP contribution in [0, 0.1) is 6.92 Å². The maximum Gasteiger partial charge on any atom is 0.230 e. The highest BCUT2D eigenvalue weighted by atomic mass is 32.2. The lowest BCUT2D eigenvalue weighted by Crippen LogP contribution is -2.34. The second-order valence-corrected chi connectivity index (χ2v) is 8.17. The van der Waals surface area contributed by atoms with Crippen LogP contribution in [0.2, 0.25) is 0 Å². The summed E-state index contributed by atoms with van der Waals surface area (Å²) in [6, 6.07) is 10.7. The summed E-state index contributed by atoms with van der Waals surface area (Å²) in [5, 5.41) is 5.03. The van der Waals surface area contributed by atoms with Gasteiger partial charge in [0.15, 0.2) is 4.34 Å². The quantitative estimate of drug-likeness (QED) is 0.770. The molecule has 0 radical (unpaired) electrons. The molecule has 0 aliphatic carbocycles. The third kappa shape index (κ3) is 5.06. The minimum atomic E-state index is 0.0895. The Labute approximate surface area is 151 Å². The molecule has 0 bridgehead atoms. The molecule has 2 heterocycles. The van der Waals surface area contributed by atoms with E-state index in [-0.39, 0.29) is 5.91 Å². The number of likely N-dealkylation sites (tertiary alicyclic amines) is 1. The summed E-state index contributed by atoms with van der Waals surface area (Å²) in [6.45, 7) is 5.82. The number of aryl methyl sites for hydroxylation is 1. The van der Waals surface area contributed by atoms with Crippen LogP contribution in [0.3, 0.4) is 0 Å². The molecule has 0 saturated carbocycles. The highest BCUT2D eigenvalue weighted by Crippen LogP contribution is 2.26. The van der Waals surface area contributed by atoms with E-state index in [0.29, 0.717) is 11.7 Å². The Morgan fingerprint density at radius 2 is 2.25 bits per heavy atom. The number of carbonyl (C=O) groups is 1. The second-order valence-electron chi connectivity index (χ2n) is 6.09. The van der Waals surface area contributed by atoms with E-state index in [4.69, 9.17) is 0 Å². The number of aromatic nitrogens is 1. The van der Waals surface area contributed by atoms with Gasteiger partial charge in [-0.25, -0.2) is 4.98 Å². The molecule has 0 spiro atoms. The molecular weight excluding hydrogens is 338 g/mol. The van der Waals surface area contributed by atoms with E-state index < -0.39 is 0 Å². The lowest BCUT2D eigenvalue weighted by atomic mass is 9.99. The van der Waals surface area contributed by atoms with Crippen LogP contribution < -0.4 is 5.32 Å². The summed E-state index contributed by atoms with van der Waals surface area (Å²) in [5.74, 6) is 1.16. The molecule has 1 saturated heterocycles. The summed E-state index contributed by atoms with van der Waals surface area (Å²) >= 11 is 3.11. The smallest absolute Gasteiger partial charge is 0.230 e. The SMILES string of the molecule is Cc1csc(SCC(=O)NCCN2CCC(c3ccccc3)C2)n1. The number of thiazole rings is 1. The van der Waals surface area contributed by atoms with Gasteiger partial charge in [0.1, 0.15) is 0 Å². The Hall–Kier alpha value is -1.37. The second kappa shape index (κ2) is 8.65. The lowest BCUT2D eigenvalue weighted by Gasteiger charge is -2.16. The number of rotatable bonds is 7. The predicted octanol–water partition coefficient (Wildman–Crippen LogP) is 3.15. The normalized spacial score (nSPS) is 18.0. The zero-order valence-corrected chi connectivity index (χ0v) is 15.5. The molecule has 1 aromatic carbocycles. The van der Waals surface area contributed by atoms with Crippen LogP contribution in [0.5, 0.6) is 0 Å². The van der Waals surface area contributed by atoms with Gasteiger partial charge in [0.25, 0.3) is 0 Å². The maximum absolute atomic E-state index is 11.9. The number of nitrogens with one attached hydrogen (secondary N) is 1. The molecule has 24 heavy (non-hydrogen) atoms. The molecule has 1 atom stereocenters. The monoisotopic (exact) mass is 361 g/mol. The first-order valence-electron chi connectivity index (χ1n) is 8.29. The van der Waals surface area contributed by atoms with E-state index in [1.807, 2.05) is 12.3 Å². The molecular formula is C18H23N3OS2. The van der Waals surface area contributed by atoms with Gasteiger partial charge < -0.3 is 10.2 Å². The van der Waals surface area contributed by atoms with Crippen molar-refractivity contribution in [2.75, 3.05) is 31.9 Å². The van der Waals surface area contributed by atoms with Crippen molar-refractivity contribution in [3.63, 3.8) is 0 Å². The zero-order valence-electron chi connectivity index (χ0n) is 13.9. The number of hydrogen-bond donors (Lipinski definition) is 1. The first-order chi connectivity index (χ1) is 11.7. The average Bonchev–Trinajstić information content (AvgIpc) is 3.23. The number of carbonyl (C=O) groups excluding carboxylic acids is 1. The molecule has 1 aliphatic rings. The lowest BCUT2D eigenvalue weighted by molar-refractivity contribution is -0.118. The van der Waals surface area contributed by atoms with Crippen LogP contribution in [0.15, 0.2) is 40.1 Å². The van der Waals surface area contributed by atoms with Crippen LogP contribution in [-0.2, 0) is 4.79 Å². The number of nitrogens with zero attached hydrogens (tertiary/aromatic N) is 2. The Morgan fingerprint density at radius 3 is 3.00 bits per heavy atom. The summed E-state index contributed by atoms with van der Waals surface area (Å²) in [6.07, 6.45) is 1.21. The highest BCUT2D eigenvalue weighted by Gasteiger charge is 2.23. The largest absolute Gasteiger partial charge is 0.354 e. The fraction of sp³-hybridized carbons (Fsp3) is 0.444. The molecule has 1 amide bonds. The van der Waals surface area contributed by atoms with Crippen LogP contribution in [0.4, 0.5) is 0 Å². The van der Waals surface area contributed by atoms with Crippen molar-refractivity contribution in [2.24, 2.45) is 0 Å². The Balaban J connectivity index is 1.33. The standard InChI is InChI=1S/C18H23N3OS2/c1-14-12-23-18(20-14)24-13-17(22)19-8-10-21-9-7-16(11-21)15-5-3-2-4-6-15/h2-6,12,16H,7-11,13H2,1H3,(H,19,22). The Bertz CT molecular complexity index is 659. The molecule has 4 nitrogen and oxygen atoms in total. The average molecular weight is 362 g/mol. The third-order valence-corrected chi connectivity index (χ3v) is 6.36. The van der Waals surface area contributed by atoms with Gasteiger partial charge in [-0.15, -0.1) is 11.3 Å². The van der Waals surface area contributed by atoms with E-state index in [9.17, 15) is 4.79 Å². The number of amides is 1. The van der Waals surface area contributed by atoms with Gasteiger partial charge in [-0.05, 0) is 31.4 Å². The number of thioether (sulfide) groups is 1. The van der Waals surface area contributed by atoms with Crippen molar-refractivity contribution in [1.82, 2.24) is 15.2 Å². The number of hydrogen-bond acceptors (Lipinski definition) is 5. The first-order valence-corrected chi connectivity index (χ1v) is 10.2. The van der Waals surface area contributed by atoms with Crippen molar-refractivity contribution in [1.29, 1.82) is 0 Å². The van der Waals surface area contributed by atoms with E-state index in [1.54, 1.807) is 11.3 Å². The minimum absolute atomic E-state index is 0.0895. The first kappa shape index (κ1) is 17.5. The zero-order chi connectivity index (χ0) is 16.8. The van der Waals surface area contributed by atoms with E-state index >= 15 is 0 Å². The molecule has 2 aromatic rings. The fourth-order valence-electron chi connectivity index (χ4n) is 2.96. The molecule has 1 fully saturated rings. The van der Waals surface area contributed by atoms with Gasteiger partial charge in [-0.3, -0.25) is 4.79 Å². The molecule has 3 rings (SSSR count). The fourth-order valence-corrected chi connectivity index (χ4v) is 4.64. The third-order valence-electron chi connectivity index (χ3n) is 4.22. The van der Waals surface area contributed by atoms with Crippen molar-refractivity contribution in [3.05, 3.63) is 47.0 Å². The van der Waals surface area contributed by atoms with Gasteiger partial charge in [0.05, 0.1) is 5.75 Å². The number of benzene rings is 1. The van der Waals surface area contributed by atoms with Crippen LogP contribution >= 0.6 is 23.1 Å². The van der Waals surface area contributed by atoms with Crippen LogP contribution in [0.1, 0.15) is 23.6 Å². The van der Waals surface area contributed by atoms with Crippen LogP contribution in [-0.4, -0.2) is 47.7 Å². The van der Waals surface area contributed by atoms with Crippen molar-refractivity contribution >= 4 is 29.0 Å². The van der Waals surface area contributed by atoms with Crippen molar-refractivity contribution < 1.29 is 4.79 Å². The maximum atomic E-state index is 11.9. The molecule has 1 N–H and O–H groups in total. The highest BCUT2D eigenvalue weighted by molar-refractivity contribution is 8.01. The van der Waals surface area contributed by atoms with Crippen LogP contribution in [0.25, 0.3) is 0 Å². The van der Waals surface area contributed by atoms with Gasteiger partial charge in [0, 0.05) is 30.7 Å². The minimum Gasteiger partial charge on any atom is -0.354 e.